The molecule has 0 saturated carbocycles. The van der Waals surface area contributed by atoms with E-state index in [9.17, 15) is 14.4 Å². The van der Waals surface area contributed by atoms with E-state index in [0.717, 1.165) is 42.9 Å². The van der Waals surface area contributed by atoms with Crippen LogP contribution in [0.2, 0.25) is 0 Å². The first-order chi connectivity index (χ1) is 12.5. The van der Waals surface area contributed by atoms with Gasteiger partial charge in [-0.15, -0.1) is 13.2 Å². The van der Waals surface area contributed by atoms with Gasteiger partial charge in [0, 0.05) is 11.6 Å². The molecule has 5 nitrogen and oxygen atoms in total. The Kier molecular flexibility index (Phi) is 7.09. The van der Waals surface area contributed by atoms with Crippen LogP contribution >= 0.6 is 0 Å². The number of imide groups is 1. The third kappa shape index (κ3) is 5.55. The van der Waals surface area contributed by atoms with E-state index < -0.39 is 17.8 Å². The van der Waals surface area contributed by atoms with Crippen LogP contribution in [-0.2, 0) is 38.6 Å². The van der Waals surface area contributed by atoms with Crippen LogP contribution in [0.15, 0.2) is 55.2 Å². The van der Waals surface area contributed by atoms with Gasteiger partial charge in [0.2, 0.25) is 0 Å². The lowest BCUT2D eigenvalue weighted by molar-refractivity contribution is -0.144. The van der Waals surface area contributed by atoms with Crippen LogP contribution in [0.3, 0.4) is 0 Å². The smallest absolute Gasteiger partial charge is 0.310 e. The number of nitrogens with one attached hydrogen (secondary N) is 1. The number of carbonyl (C=O) groups excluding carboxylic acids is 3. The predicted octanol–water partition coefficient (Wildman–Crippen LogP) is 2.94. The van der Waals surface area contributed by atoms with Crippen LogP contribution in [0, 0.1) is 0 Å². The van der Waals surface area contributed by atoms with Crippen LogP contribution < -0.4 is 5.32 Å². The fraction of sp³-hybridized carbons (Fsp3) is 0.286. The fourth-order valence-electron chi connectivity index (χ4n) is 2.68. The highest BCUT2D eigenvalue weighted by Gasteiger charge is 2.23. The first-order valence-corrected chi connectivity index (χ1v) is 8.57. The SMILES string of the molecule is C=CCCc1ccc(COC(=O)CC2=CC(=O)NC2=O)c(CCC=C)c1. The topological polar surface area (TPSA) is 72.5 Å². The summed E-state index contributed by atoms with van der Waals surface area (Å²) in [5, 5.41) is 2.11. The van der Waals surface area contributed by atoms with Crippen molar-refractivity contribution in [2.75, 3.05) is 0 Å². The van der Waals surface area contributed by atoms with E-state index in [2.05, 4.69) is 24.5 Å². The monoisotopic (exact) mass is 353 g/mol. The molecule has 5 heteroatoms. The normalized spacial score (nSPS) is 13.2. The molecule has 0 radical (unpaired) electrons. The number of hydrogen-bond acceptors (Lipinski definition) is 4. The number of amides is 2. The molecular formula is C21H23NO4. The minimum Gasteiger partial charge on any atom is -0.461 e. The zero-order chi connectivity index (χ0) is 18.9. The van der Waals surface area contributed by atoms with Gasteiger partial charge in [0.1, 0.15) is 6.61 Å². The van der Waals surface area contributed by atoms with Crippen LogP contribution in [0.1, 0.15) is 36.0 Å². The molecule has 26 heavy (non-hydrogen) atoms. The molecule has 2 rings (SSSR count). The standard InChI is InChI=1S/C21H23NO4/c1-3-5-7-15-9-10-17(16(11-15)8-6-4-2)14-26-20(24)13-18-12-19(23)22-21(18)25/h3-4,9-12H,1-2,5-8,13-14H2,(H,22,23,25). The zero-order valence-electron chi connectivity index (χ0n) is 14.8. The number of benzene rings is 1. The van der Waals surface area contributed by atoms with E-state index in [1.165, 1.54) is 5.56 Å². The summed E-state index contributed by atoms with van der Waals surface area (Å²) in [6.45, 7) is 7.63. The second-order valence-corrected chi connectivity index (χ2v) is 6.08. The van der Waals surface area contributed by atoms with Gasteiger partial charge in [-0.25, -0.2) is 0 Å². The number of carbonyl (C=O) groups is 3. The number of ether oxygens (including phenoxy) is 1. The molecule has 0 atom stereocenters. The second kappa shape index (κ2) is 9.51. The maximum absolute atomic E-state index is 12.0. The van der Waals surface area contributed by atoms with Gasteiger partial charge >= 0.3 is 5.97 Å². The first-order valence-electron chi connectivity index (χ1n) is 8.57. The maximum atomic E-state index is 12.0. The number of esters is 1. The highest BCUT2D eigenvalue weighted by molar-refractivity contribution is 6.17. The lowest BCUT2D eigenvalue weighted by Gasteiger charge is -2.12. The lowest BCUT2D eigenvalue weighted by Crippen LogP contribution is -2.23. The molecule has 1 aliphatic rings. The van der Waals surface area contributed by atoms with Gasteiger partial charge in [0.25, 0.3) is 11.8 Å². The Morgan fingerprint density at radius 2 is 1.81 bits per heavy atom. The van der Waals surface area contributed by atoms with Gasteiger partial charge in [-0.3, -0.25) is 19.7 Å². The molecule has 0 fully saturated rings. The van der Waals surface area contributed by atoms with Crippen molar-refractivity contribution in [1.29, 1.82) is 0 Å². The molecule has 1 aliphatic heterocycles. The van der Waals surface area contributed by atoms with Crippen molar-refractivity contribution in [3.63, 3.8) is 0 Å². The van der Waals surface area contributed by atoms with Crippen molar-refractivity contribution in [2.24, 2.45) is 0 Å². The van der Waals surface area contributed by atoms with Gasteiger partial charge in [0.15, 0.2) is 0 Å². The Balaban J connectivity index is 2.00. The molecule has 0 spiro atoms. The molecule has 1 heterocycles. The molecule has 1 aromatic rings. The third-order valence-corrected chi connectivity index (χ3v) is 4.08. The van der Waals surface area contributed by atoms with E-state index in [-0.39, 0.29) is 18.6 Å². The molecule has 0 aromatic heterocycles. The van der Waals surface area contributed by atoms with Crippen molar-refractivity contribution >= 4 is 17.8 Å². The average molecular weight is 353 g/mol. The summed E-state index contributed by atoms with van der Waals surface area (Å²) in [6.07, 6.45) is 8.14. The van der Waals surface area contributed by atoms with E-state index >= 15 is 0 Å². The minimum atomic E-state index is -0.537. The second-order valence-electron chi connectivity index (χ2n) is 6.08. The van der Waals surface area contributed by atoms with Crippen LogP contribution in [0.4, 0.5) is 0 Å². The largest absolute Gasteiger partial charge is 0.461 e. The fourth-order valence-corrected chi connectivity index (χ4v) is 2.68. The Labute approximate surface area is 153 Å². The van der Waals surface area contributed by atoms with Gasteiger partial charge in [0.05, 0.1) is 6.42 Å². The average Bonchev–Trinajstić information content (AvgIpc) is 2.94. The van der Waals surface area contributed by atoms with E-state index in [4.69, 9.17) is 4.74 Å². The van der Waals surface area contributed by atoms with Gasteiger partial charge in [-0.1, -0.05) is 30.4 Å². The summed E-state index contributed by atoms with van der Waals surface area (Å²) in [6, 6.07) is 6.12. The minimum absolute atomic E-state index is 0.131. The van der Waals surface area contributed by atoms with Crippen molar-refractivity contribution < 1.29 is 19.1 Å². The Morgan fingerprint density at radius 1 is 1.08 bits per heavy atom. The van der Waals surface area contributed by atoms with E-state index in [1.807, 2.05) is 24.3 Å². The summed E-state index contributed by atoms with van der Waals surface area (Å²) >= 11 is 0. The predicted molar refractivity (Wildman–Crippen MR) is 99.1 cm³/mol. The molecule has 1 N–H and O–H groups in total. The maximum Gasteiger partial charge on any atom is 0.310 e. The number of allylic oxidation sites excluding steroid dienone is 2. The highest BCUT2D eigenvalue weighted by Crippen LogP contribution is 2.18. The van der Waals surface area contributed by atoms with E-state index in [1.54, 1.807) is 0 Å². The van der Waals surface area contributed by atoms with Gasteiger partial charge < -0.3 is 4.74 Å². The Hall–Kier alpha value is -2.95. The van der Waals surface area contributed by atoms with Crippen molar-refractivity contribution in [2.45, 2.75) is 38.7 Å². The summed E-state index contributed by atoms with van der Waals surface area (Å²) in [7, 11) is 0. The summed E-state index contributed by atoms with van der Waals surface area (Å²) in [5.74, 6) is -1.57. The first kappa shape index (κ1) is 19.4. The third-order valence-electron chi connectivity index (χ3n) is 4.08. The van der Waals surface area contributed by atoms with Crippen LogP contribution in [-0.4, -0.2) is 17.8 Å². The van der Waals surface area contributed by atoms with Gasteiger partial charge in [-0.05, 0) is 42.4 Å². The summed E-state index contributed by atoms with van der Waals surface area (Å²) in [4.78, 5) is 34.5. The highest BCUT2D eigenvalue weighted by atomic mass is 16.5. The molecule has 0 bridgehead atoms. The van der Waals surface area contributed by atoms with Gasteiger partial charge in [-0.2, -0.15) is 0 Å². The summed E-state index contributed by atoms with van der Waals surface area (Å²) in [5.41, 5.74) is 3.40. The molecule has 1 aromatic carbocycles. The van der Waals surface area contributed by atoms with Crippen molar-refractivity contribution in [1.82, 2.24) is 5.32 Å². The van der Waals surface area contributed by atoms with Crippen LogP contribution in [0.5, 0.6) is 0 Å². The Morgan fingerprint density at radius 3 is 2.46 bits per heavy atom. The quantitative estimate of drug-likeness (QED) is 0.399. The van der Waals surface area contributed by atoms with Crippen LogP contribution in [0.25, 0.3) is 0 Å². The van der Waals surface area contributed by atoms with Crippen molar-refractivity contribution in [3.05, 3.63) is 71.8 Å². The molecule has 2 amide bonds. The zero-order valence-corrected chi connectivity index (χ0v) is 14.8. The van der Waals surface area contributed by atoms with Crippen molar-refractivity contribution in [3.8, 4) is 0 Å². The molecular weight excluding hydrogens is 330 g/mol. The number of aryl methyl sites for hydroxylation is 2. The van der Waals surface area contributed by atoms with E-state index in [0.29, 0.717) is 0 Å². The molecule has 136 valence electrons. The molecule has 0 saturated heterocycles. The molecule has 0 aliphatic carbocycles. The number of hydrogen-bond donors (Lipinski definition) is 1. The lowest BCUT2D eigenvalue weighted by atomic mass is 9.98. The Bertz CT molecular complexity index is 761. The molecule has 0 unspecified atom stereocenters. The summed E-state index contributed by atoms with van der Waals surface area (Å²) < 4.78 is 5.30. The number of rotatable bonds is 10.